The number of hydrogen-bond donors (Lipinski definition) is 7. The summed E-state index contributed by atoms with van der Waals surface area (Å²) in [5, 5.41) is 33.9. The van der Waals surface area contributed by atoms with Crippen molar-refractivity contribution >= 4 is 29.7 Å². The van der Waals surface area contributed by atoms with Gasteiger partial charge in [0.05, 0.1) is 18.6 Å². The van der Waals surface area contributed by atoms with Gasteiger partial charge in [-0.3, -0.25) is 19.2 Å². The lowest BCUT2D eigenvalue weighted by Crippen LogP contribution is -2.57. The quantitative estimate of drug-likeness (QED) is 0.183. The third-order valence-corrected chi connectivity index (χ3v) is 3.87. The van der Waals surface area contributed by atoms with Crippen LogP contribution in [-0.4, -0.2) is 75.3 Å². The fourth-order valence-corrected chi connectivity index (χ4v) is 2.32. The molecule has 0 aliphatic rings. The number of rotatable bonds is 12. The summed E-state index contributed by atoms with van der Waals surface area (Å²) in [6.45, 7) is 6.08. The number of nitrogens with two attached hydrogens (primary N) is 1. The molecule has 0 aromatic rings. The third kappa shape index (κ3) is 9.85. The van der Waals surface area contributed by atoms with Gasteiger partial charge in [0.15, 0.2) is 6.04 Å². The number of carbonyl (C=O) groups is 5. The second-order valence-corrected chi connectivity index (χ2v) is 7.19. The highest BCUT2D eigenvalue weighted by atomic mass is 16.4. The zero-order valence-electron chi connectivity index (χ0n) is 16.8. The van der Waals surface area contributed by atoms with Gasteiger partial charge in [-0.2, -0.15) is 0 Å². The Labute approximate surface area is 168 Å². The molecule has 3 amide bonds. The van der Waals surface area contributed by atoms with E-state index in [-0.39, 0.29) is 5.92 Å². The number of carboxylic acids is 2. The van der Waals surface area contributed by atoms with E-state index in [4.69, 9.17) is 15.9 Å². The number of carbonyl (C=O) groups excluding carboxylic acids is 3. The molecule has 0 saturated carbocycles. The Balaban J connectivity index is 5.08. The van der Waals surface area contributed by atoms with Crippen LogP contribution in [0.2, 0.25) is 0 Å². The molecule has 0 radical (unpaired) electrons. The number of aliphatic hydroxyl groups excluding tert-OH is 1. The van der Waals surface area contributed by atoms with Crippen LogP contribution >= 0.6 is 0 Å². The Hall–Kier alpha value is -2.73. The lowest BCUT2D eigenvalue weighted by molar-refractivity contribution is -0.145. The Kier molecular flexibility index (Phi) is 10.8. The van der Waals surface area contributed by atoms with E-state index in [1.807, 2.05) is 13.8 Å². The van der Waals surface area contributed by atoms with Crippen LogP contribution in [0.25, 0.3) is 0 Å². The van der Waals surface area contributed by atoms with Crippen LogP contribution < -0.4 is 21.7 Å². The van der Waals surface area contributed by atoms with Gasteiger partial charge in [-0.25, -0.2) is 4.79 Å². The monoisotopic (exact) mass is 418 g/mol. The van der Waals surface area contributed by atoms with E-state index in [0.717, 1.165) is 0 Å². The van der Waals surface area contributed by atoms with Crippen molar-refractivity contribution in [2.45, 2.75) is 70.8 Å². The average molecular weight is 418 g/mol. The van der Waals surface area contributed by atoms with Gasteiger partial charge in [0.25, 0.3) is 0 Å². The van der Waals surface area contributed by atoms with E-state index in [1.54, 1.807) is 0 Å². The maximum atomic E-state index is 12.4. The lowest BCUT2D eigenvalue weighted by atomic mass is 10.0. The first-order valence-electron chi connectivity index (χ1n) is 9.05. The summed E-state index contributed by atoms with van der Waals surface area (Å²) in [4.78, 5) is 58.6. The van der Waals surface area contributed by atoms with Gasteiger partial charge in [0.1, 0.15) is 12.1 Å². The van der Waals surface area contributed by atoms with Crippen LogP contribution in [0.5, 0.6) is 0 Å². The number of aliphatic carboxylic acids is 2. The highest BCUT2D eigenvalue weighted by Gasteiger charge is 2.31. The minimum atomic E-state index is -1.59. The number of nitrogens with one attached hydrogen (secondary N) is 3. The Bertz CT molecular complexity index is 623. The summed E-state index contributed by atoms with van der Waals surface area (Å²) in [6.07, 6.45) is -1.81. The molecule has 0 spiro atoms. The summed E-state index contributed by atoms with van der Waals surface area (Å²) >= 11 is 0. The van der Waals surface area contributed by atoms with Gasteiger partial charge >= 0.3 is 11.9 Å². The molecular weight excluding hydrogens is 388 g/mol. The number of hydrogen-bond acceptors (Lipinski definition) is 7. The van der Waals surface area contributed by atoms with Crippen LogP contribution in [0.4, 0.5) is 0 Å². The Morgan fingerprint density at radius 1 is 0.862 bits per heavy atom. The molecule has 5 atom stereocenters. The normalized spacial score (nSPS) is 16.1. The molecule has 0 aliphatic heterocycles. The Morgan fingerprint density at radius 2 is 1.41 bits per heavy atom. The minimum absolute atomic E-state index is 0.0994. The topological polar surface area (TPSA) is 208 Å². The molecular formula is C17H30N4O8. The first-order chi connectivity index (χ1) is 13.3. The standard InChI is InChI=1S/C17H30N4O8/c1-7(2)5-10(18)15(26)20-11(6-12(23)24)16(27)19-8(3)14(25)21-13(9(4)22)17(28)29/h7-11,13,22H,5-6,18H2,1-4H3,(H,19,27)(H,20,26)(H,21,25)(H,23,24)(H,28,29). The van der Waals surface area contributed by atoms with Crippen LogP contribution in [0, 0.1) is 5.92 Å². The summed E-state index contributed by atoms with van der Waals surface area (Å²) in [5.41, 5.74) is 5.72. The maximum absolute atomic E-state index is 12.4. The van der Waals surface area contributed by atoms with Gasteiger partial charge in [0.2, 0.25) is 17.7 Å². The summed E-state index contributed by atoms with van der Waals surface area (Å²) in [5.74, 6) is -5.31. The van der Waals surface area contributed by atoms with Crippen LogP contribution in [0.1, 0.15) is 40.5 Å². The van der Waals surface area contributed by atoms with Gasteiger partial charge < -0.3 is 37.0 Å². The van der Waals surface area contributed by atoms with E-state index in [2.05, 4.69) is 16.0 Å². The first-order valence-corrected chi connectivity index (χ1v) is 9.05. The van der Waals surface area contributed by atoms with Gasteiger partial charge in [-0.15, -0.1) is 0 Å². The zero-order valence-corrected chi connectivity index (χ0v) is 16.8. The van der Waals surface area contributed by atoms with Crippen molar-refractivity contribution in [3.05, 3.63) is 0 Å². The molecule has 5 unspecified atom stereocenters. The van der Waals surface area contributed by atoms with E-state index in [9.17, 15) is 29.1 Å². The molecule has 0 heterocycles. The number of amides is 3. The molecule has 29 heavy (non-hydrogen) atoms. The van der Waals surface area contributed by atoms with Crippen LogP contribution in [0.15, 0.2) is 0 Å². The molecule has 0 aromatic carbocycles. The highest BCUT2D eigenvalue weighted by molar-refractivity contribution is 5.95. The van der Waals surface area contributed by atoms with Crippen molar-refractivity contribution in [1.82, 2.24) is 16.0 Å². The zero-order chi connectivity index (χ0) is 22.9. The van der Waals surface area contributed by atoms with Crippen molar-refractivity contribution in [2.75, 3.05) is 0 Å². The molecule has 12 nitrogen and oxygen atoms in total. The van der Waals surface area contributed by atoms with Crippen molar-refractivity contribution in [1.29, 1.82) is 0 Å². The molecule has 166 valence electrons. The molecule has 0 aliphatic carbocycles. The Morgan fingerprint density at radius 3 is 1.83 bits per heavy atom. The van der Waals surface area contributed by atoms with Crippen molar-refractivity contribution in [3.8, 4) is 0 Å². The maximum Gasteiger partial charge on any atom is 0.328 e. The average Bonchev–Trinajstić information content (AvgIpc) is 2.56. The highest BCUT2D eigenvalue weighted by Crippen LogP contribution is 2.04. The first kappa shape index (κ1) is 26.3. The van der Waals surface area contributed by atoms with Gasteiger partial charge in [-0.1, -0.05) is 13.8 Å². The molecule has 0 rings (SSSR count). The van der Waals surface area contributed by atoms with E-state index < -0.39 is 66.4 Å². The van der Waals surface area contributed by atoms with E-state index >= 15 is 0 Å². The molecule has 0 fully saturated rings. The number of carboxylic acid groups (broad SMARTS) is 2. The second-order valence-electron chi connectivity index (χ2n) is 7.19. The second kappa shape index (κ2) is 12.0. The molecule has 12 heteroatoms. The fraction of sp³-hybridized carbons (Fsp3) is 0.706. The van der Waals surface area contributed by atoms with Gasteiger partial charge in [0, 0.05) is 0 Å². The predicted octanol–water partition coefficient (Wildman–Crippen LogP) is -2.23. The fourth-order valence-electron chi connectivity index (χ4n) is 2.32. The third-order valence-electron chi connectivity index (χ3n) is 3.87. The smallest absolute Gasteiger partial charge is 0.328 e. The molecule has 8 N–H and O–H groups in total. The summed E-state index contributed by atoms with van der Waals surface area (Å²) in [6, 6.07) is -5.28. The molecule has 0 aromatic heterocycles. The van der Waals surface area contributed by atoms with Crippen molar-refractivity contribution < 1.29 is 39.3 Å². The predicted molar refractivity (Wildman–Crippen MR) is 100 cm³/mol. The van der Waals surface area contributed by atoms with Crippen LogP contribution in [-0.2, 0) is 24.0 Å². The van der Waals surface area contributed by atoms with E-state index in [0.29, 0.717) is 6.42 Å². The van der Waals surface area contributed by atoms with E-state index in [1.165, 1.54) is 13.8 Å². The SMILES string of the molecule is CC(C)CC(N)C(=O)NC(CC(=O)O)C(=O)NC(C)C(=O)NC(C(=O)O)C(C)O. The largest absolute Gasteiger partial charge is 0.481 e. The van der Waals surface area contributed by atoms with Gasteiger partial charge in [-0.05, 0) is 26.2 Å². The van der Waals surface area contributed by atoms with Crippen LogP contribution in [0.3, 0.4) is 0 Å². The lowest BCUT2D eigenvalue weighted by Gasteiger charge is -2.23. The minimum Gasteiger partial charge on any atom is -0.481 e. The van der Waals surface area contributed by atoms with Crippen molar-refractivity contribution in [3.63, 3.8) is 0 Å². The summed E-state index contributed by atoms with van der Waals surface area (Å²) in [7, 11) is 0. The molecule has 0 saturated heterocycles. The molecule has 0 bridgehead atoms. The number of aliphatic hydroxyl groups is 1. The summed E-state index contributed by atoms with van der Waals surface area (Å²) < 4.78 is 0. The van der Waals surface area contributed by atoms with Crippen molar-refractivity contribution in [2.24, 2.45) is 11.7 Å².